The van der Waals surface area contributed by atoms with E-state index in [1.165, 1.54) is 49.7 Å². The van der Waals surface area contributed by atoms with Crippen molar-refractivity contribution >= 4 is 39.8 Å². The first kappa shape index (κ1) is 28.2. The van der Waals surface area contributed by atoms with Gasteiger partial charge in [0.25, 0.3) is 0 Å². The molecule has 0 aromatic heterocycles. The van der Waals surface area contributed by atoms with Gasteiger partial charge in [-0.3, -0.25) is 4.90 Å². The molecule has 1 heterocycles. The number of halogens is 1. The SMILES string of the molecule is CCNC(=NCc1ccc(CN2CCCCC2)cc1)NCC(C)(C)CCS(C)(=O)=O.I. The lowest BCUT2D eigenvalue weighted by Gasteiger charge is -2.26. The van der Waals surface area contributed by atoms with Gasteiger partial charge in [-0.15, -0.1) is 24.0 Å². The van der Waals surface area contributed by atoms with Crippen LogP contribution in [-0.4, -0.2) is 57.5 Å². The van der Waals surface area contributed by atoms with Crippen LogP contribution in [0.3, 0.4) is 0 Å². The number of benzene rings is 1. The molecule has 31 heavy (non-hydrogen) atoms. The summed E-state index contributed by atoms with van der Waals surface area (Å²) in [6, 6.07) is 8.77. The lowest BCUT2D eigenvalue weighted by molar-refractivity contribution is 0.221. The van der Waals surface area contributed by atoms with Crippen LogP contribution in [0.15, 0.2) is 29.3 Å². The molecule has 0 saturated carbocycles. The highest BCUT2D eigenvalue weighted by atomic mass is 127. The van der Waals surface area contributed by atoms with Crippen molar-refractivity contribution in [1.82, 2.24) is 15.5 Å². The molecule has 1 aromatic carbocycles. The number of rotatable bonds is 10. The highest BCUT2D eigenvalue weighted by Gasteiger charge is 2.20. The molecule has 6 nitrogen and oxygen atoms in total. The predicted octanol–water partition coefficient (Wildman–Crippen LogP) is 3.81. The molecule has 0 amide bonds. The molecule has 1 saturated heterocycles. The first-order valence-electron chi connectivity index (χ1n) is 11.2. The Balaban J connectivity index is 0.00000480. The average Bonchev–Trinajstić information content (AvgIpc) is 2.70. The van der Waals surface area contributed by atoms with E-state index in [9.17, 15) is 8.42 Å². The summed E-state index contributed by atoms with van der Waals surface area (Å²) in [6.07, 6.45) is 5.91. The summed E-state index contributed by atoms with van der Waals surface area (Å²) < 4.78 is 22.9. The summed E-state index contributed by atoms with van der Waals surface area (Å²) in [5, 5.41) is 6.65. The van der Waals surface area contributed by atoms with Gasteiger partial charge in [0.1, 0.15) is 9.84 Å². The number of piperidine rings is 1. The lowest BCUT2D eigenvalue weighted by Crippen LogP contribution is -2.42. The predicted molar refractivity (Wildman–Crippen MR) is 142 cm³/mol. The molecule has 1 aliphatic rings. The minimum atomic E-state index is -2.94. The largest absolute Gasteiger partial charge is 0.357 e. The number of hydrogen-bond acceptors (Lipinski definition) is 4. The molecule has 0 spiro atoms. The summed E-state index contributed by atoms with van der Waals surface area (Å²) in [4.78, 5) is 7.24. The first-order valence-corrected chi connectivity index (χ1v) is 13.2. The Kier molecular flexibility index (Phi) is 12.4. The number of guanidine groups is 1. The van der Waals surface area contributed by atoms with Crippen LogP contribution in [0.4, 0.5) is 0 Å². The molecule has 0 radical (unpaired) electrons. The molecular weight excluding hydrogens is 523 g/mol. The van der Waals surface area contributed by atoms with Crippen molar-refractivity contribution in [1.29, 1.82) is 0 Å². The van der Waals surface area contributed by atoms with E-state index in [1.807, 2.05) is 6.92 Å². The second-order valence-corrected chi connectivity index (χ2v) is 11.5. The minimum absolute atomic E-state index is 0. The maximum Gasteiger partial charge on any atom is 0.191 e. The molecule has 1 aliphatic heterocycles. The zero-order chi connectivity index (χ0) is 22.0. The molecule has 0 atom stereocenters. The zero-order valence-corrected chi connectivity index (χ0v) is 22.8. The van der Waals surface area contributed by atoms with Gasteiger partial charge in [-0.1, -0.05) is 44.5 Å². The number of nitrogens with zero attached hydrogens (tertiary/aromatic N) is 2. The maximum atomic E-state index is 11.5. The fourth-order valence-corrected chi connectivity index (χ4v) is 4.43. The minimum Gasteiger partial charge on any atom is -0.357 e. The number of sulfone groups is 1. The quantitative estimate of drug-likeness (QED) is 0.257. The number of aliphatic imine (C=N–C) groups is 1. The third-order valence-corrected chi connectivity index (χ3v) is 6.47. The molecule has 0 aliphatic carbocycles. The van der Waals surface area contributed by atoms with Crippen molar-refractivity contribution < 1.29 is 8.42 Å². The van der Waals surface area contributed by atoms with Crippen molar-refractivity contribution in [3.63, 3.8) is 0 Å². The van der Waals surface area contributed by atoms with E-state index >= 15 is 0 Å². The second kappa shape index (κ2) is 13.6. The average molecular weight is 565 g/mol. The molecule has 1 fully saturated rings. The lowest BCUT2D eigenvalue weighted by atomic mass is 9.90. The van der Waals surface area contributed by atoms with Crippen LogP contribution in [0.25, 0.3) is 0 Å². The maximum absolute atomic E-state index is 11.5. The van der Waals surface area contributed by atoms with Gasteiger partial charge in [0.15, 0.2) is 5.96 Å². The summed E-state index contributed by atoms with van der Waals surface area (Å²) in [6.45, 7) is 11.7. The Bertz CT molecular complexity index is 773. The van der Waals surface area contributed by atoms with Crippen LogP contribution in [0.5, 0.6) is 0 Å². The van der Waals surface area contributed by atoms with E-state index in [1.54, 1.807) is 0 Å². The van der Waals surface area contributed by atoms with Crippen molar-refractivity contribution in [2.75, 3.05) is 38.2 Å². The standard InChI is InChI=1S/C23H40N4O2S.HI/c1-5-24-22(26-19-23(2,3)13-16-30(4,28)29)25-17-20-9-11-21(12-10-20)18-27-14-7-6-8-15-27;/h9-12H,5-8,13-19H2,1-4H3,(H2,24,25,26);1H. The van der Waals surface area contributed by atoms with Gasteiger partial charge in [0.05, 0.1) is 12.3 Å². The second-order valence-electron chi connectivity index (χ2n) is 9.25. The topological polar surface area (TPSA) is 73.8 Å². The third kappa shape index (κ3) is 12.1. The monoisotopic (exact) mass is 564 g/mol. The summed E-state index contributed by atoms with van der Waals surface area (Å²) >= 11 is 0. The molecule has 0 unspecified atom stereocenters. The van der Waals surface area contributed by atoms with E-state index in [2.05, 4.69) is 53.6 Å². The van der Waals surface area contributed by atoms with Crippen LogP contribution in [0.1, 0.15) is 57.6 Å². The van der Waals surface area contributed by atoms with Crippen molar-refractivity contribution in [3.05, 3.63) is 35.4 Å². The van der Waals surface area contributed by atoms with E-state index in [0.717, 1.165) is 19.0 Å². The molecule has 178 valence electrons. The number of likely N-dealkylation sites (tertiary alicyclic amines) is 1. The van der Waals surface area contributed by atoms with Crippen LogP contribution in [-0.2, 0) is 22.9 Å². The van der Waals surface area contributed by atoms with E-state index in [0.29, 0.717) is 19.5 Å². The van der Waals surface area contributed by atoms with Gasteiger partial charge in [-0.2, -0.15) is 0 Å². The Morgan fingerprint density at radius 1 is 1.06 bits per heavy atom. The van der Waals surface area contributed by atoms with Crippen LogP contribution in [0.2, 0.25) is 0 Å². The molecule has 2 N–H and O–H groups in total. The van der Waals surface area contributed by atoms with Crippen molar-refractivity contribution in [3.8, 4) is 0 Å². The van der Waals surface area contributed by atoms with E-state index < -0.39 is 9.84 Å². The first-order chi connectivity index (χ1) is 14.2. The van der Waals surface area contributed by atoms with Gasteiger partial charge >= 0.3 is 0 Å². The Hall–Kier alpha value is -0.870. The van der Waals surface area contributed by atoms with Gasteiger partial charge < -0.3 is 10.6 Å². The van der Waals surface area contributed by atoms with Gasteiger partial charge in [0, 0.05) is 25.9 Å². The number of nitrogens with one attached hydrogen (secondary N) is 2. The summed E-state index contributed by atoms with van der Waals surface area (Å²) in [5.41, 5.74) is 2.42. The highest BCUT2D eigenvalue weighted by molar-refractivity contribution is 14.0. The molecule has 8 heteroatoms. The van der Waals surface area contributed by atoms with E-state index in [-0.39, 0.29) is 35.1 Å². The Morgan fingerprint density at radius 3 is 2.26 bits per heavy atom. The van der Waals surface area contributed by atoms with Gasteiger partial charge in [-0.05, 0) is 55.8 Å². The van der Waals surface area contributed by atoms with Gasteiger partial charge in [0.2, 0.25) is 0 Å². The summed E-state index contributed by atoms with van der Waals surface area (Å²) in [7, 11) is -2.94. The number of hydrogen-bond donors (Lipinski definition) is 2. The molecule has 1 aromatic rings. The smallest absolute Gasteiger partial charge is 0.191 e. The fourth-order valence-electron chi connectivity index (χ4n) is 3.51. The fraction of sp³-hybridized carbons (Fsp3) is 0.696. The van der Waals surface area contributed by atoms with Crippen LogP contribution >= 0.6 is 24.0 Å². The van der Waals surface area contributed by atoms with Crippen molar-refractivity contribution in [2.24, 2.45) is 10.4 Å². The van der Waals surface area contributed by atoms with Gasteiger partial charge in [-0.25, -0.2) is 13.4 Å². The molecule has 2 rings (SSSR count). The highest BCUT2D eigenvalue weighted by Crippen LogP contribution is 2.20. The Morgan fingerprint density at radius 2 is 1.68 bits per heavy atom. The zero-order valence-electron chi connectivity index (χ0n) is 19.6. The molecule has 0 bridgehead atoms. The molecular formula is C23H41IN4O2S. The normalized spacial score (nSPS) is 15.9. The van der Waals surface area contributed by atoms with E-state index in [4.69, 9.17) is 4.99 Å². The Labute approximate surface area is 206 Å². The van der Waals surface area contributed by atoms with Crippen LogP contribution in [0, 0.1) is 5.41 Å². The van der Waals surface area contributed by atoms with Crippen LogP contribution < -0.4 is 10.6 Å². The summed E-state index contributed by atoms with van der Waals surface area (Å²) in [5.74, 6) is 0.974. The third-order valence-electron chi connectivity index (χ3n) is 5.53. The van der Waals surface area contributed by atoms with Crippen molar-refractivity contribution in [2.45, 2.75) is 59.5 Å².